The van der Waals surface area contributed by atoms with Crippen LogP contribution in [-0.4, -0.2) is 66.1 Å². The molecule has 3 heterocycles. The Balaban J connectivity index is 0.000000328. The van der Waals surface area contributed by atoms with Crippen LogP contribution in [0.2, 0.25) is 0 Å². The fraction of sp³-hybridized carbons (Fsp3) is 0.375. The van der Waals surface area contributed by atoms with Gasteiger partial charge in [-0.2, -0.15) is 30.8 Å². The molecule has 4 atom stereocenters. The molecule has 2 aromatic carbocycles. The van der Waals surface area contributed by atoms with Gasteiger partial charge in [-0.25, -0.2) is 17.2 Å². The molecule has 0 radical (unpaired) electrons. The number of alkyl halides is 3. The molecular formula is C24H25F5N4O6S2. The van der Waals surface area contributed by atoms with Gasteiger partial charge in [0.15, 0.2) is 6.10 Å². The van der Waals surface area contributed by atoms with Crippen LogP contribution in [0.4, 0.5) is 22.0 Å². The molecule has 0 aliphatic carbocycles. The van der Waals surface area contributed by atoms with E-state index in [-0.39, 0.29) is 30.0 Å². The van der Waals surface area contributed by atoms with Crippen molar-refractivity contribution in [1.29, 1.82) is 0 Å². The minimum absolute atomic E-state index is 0.0236. The van der Waals surface area contributed by atoms with Gasteiger partial charge >= 0.3 is 6.18 Å². The number of fused-ring (bicyclic) bond motifs is 1. The topological polar surface area (TPSA) is 145 Å². The fourth-order valence-corrected chi connectivity index (χ4v) is 5.76. The van der Waals surface area contributed by atoms with E-state index in [4.69, 9.17) is 15.0 Å². The van der Waals surface area contributed by atoms with Gasteiger partial charge in [-0.3, -0.25) is 9.45 Å². The zero-order valence-electron chi connectivity index (χ0n) is 21.2. The minimum atomic E-state index is -4.79. The second-order valence-electron chi connectivity index (χ2n) is 9.58. The van der Waals surface area contributed by atoms with Crippen molar-refractivity contribution < 1.29 is 48.1 Å². The molecule has 0 saturated carbocycles. The number of ether oxygens (including phenoxy) is 1. The Hall–Kier alpha value is -2.96. The summed E-state index contributed by atoms with van der Waals surface area (Å²) in [6.45, 7) is 0.00134. The van der Waals surface area contributed by atoms with Gasteiger partial charge in [0.1, 0.15) is 17.7 Å². The average molecular weight is 625 g/mol. The van der Waals surface area contributed by atoms with Gasteiger partial charge in [-0.15, -0.1) is 0 Å². The highest BCUT2D eigenvalue weighted by molar-refractivity contribution is 7.89. The summed E-state index contributed by atoms with van der Waals surface area (Å²) < 4.78 is 128. The molecule has 0 bridgehead atoms. The lowest BCUT2D eigenvalue weighted by Gasteiger charge is -2.44. The lowest BCUT2D eigenvalue weighted by atomic mass is 9.89. The van der Waals surface area contributed by atoms with Crippen molar-refractivity contribution in [3.05, 3.63) is 83.2 Å². The van der Waals surface area contributed by atoms with Gasteiger partial charge in [-0.05, 0) is 36.8 Å². The third kappa shape index (κ3) is 7.10. The molecule has 3 aromatic rings. The summed E-state index contributed by atoms with van der Waals surface area (Å²) in [6.07, 6.45) is -6.53. The first-order valence-corrected chi connectivity index (χ1v) is 15.2. The van der Waals surface area contributed by atoms with E-state index in [1.807, 2.05) is 0 Å². The summed E-state index contributed by atoms with van der Waals surface area (Å²) in [4.78, 5) is 1.38. The first-order valence-electron chi connectivity index (χ1n) is 11.9. The van der Waals surface area contributed by atoms with Crippen LogP contribution in [0.1, 0.15) is 29.3 Å². The highest BCUT2D eigenvalue weighted by Gasteiger charge is 2.54. The summed E-state index contributed by atoms with van der Waals surface area (Å²) in [5.41, 5.74) is 6.51. The molecule has 224 valence electrons. The maximum Gasteiger partial charge on any atom is 0.416 e. The summed E-state index contributed by atoms with van der Waals surface area (Å²) in [7, 11) is -7.62. The molecule has 17 heteroatoms. The number of hydrogen-bond donors (Lipinski definition) is 2. The van der Waals surface area contributed by atoms with E-state index >= 15 is 0 Å². The molecule has 1 saturated heterocycles. The molecule has 1 aromatic heterocycles. The molecule has 0 spiro atoms. The van der Waals surface area contributed by atoms with E-state index in [2.05, 4.69) is 5.10 Å². The Labute approximate surface area is 232 Å². The second kappa shape index (κ2) is 11.4. The van der Waals surface area contributed by atoms with Crippen LogP contribution in [-0.2, 0) is 38.0 Å². The number of halogens is 5. The van der Waals surface area contributed by atoms with Crippen molar-refractivity contribution in [2.45, 2.75) is 54.9 Å². The van der Waals surface area contributed by atoms with Gasteiger partial charge in [0.25, 0.3) is 20.1 Å². The van der Waals surface area contributed by atoms with Crippen LogP contribution in [0.25, 0.3) is 0 Å². The lowest BCUT2D eigenvalue weighted by molar-refractivity contribution is -0.269. The van der Waals surface area contributed by atoms with Gasteiger partial charge in [-0.1, -0.05) is 18.2 Å². The van der Waals surface area contributed by atoms with E-state index in [1.54, 1.807) is 18.2 Å². The Morgan fingerprint density at radius 1 is 1.05 bits per heavy atom. The molecule has 2 aliphatic rings. The molecule has 0 unspecified atom stereocenters. The van der Waals surface area contributed by atoms with E-state index < -0.39 is 62.2 Å². The van der Waals surface area contributed by atoms with Crippen molar-refractivity contribution in [1.82, 2.24) is 14.1 Å². The van der Waals surface area contributed by atoms with Crippen molar-refractivity contribution in [2.75, 3.05) is 6.26 Å². The number of nitrogens with zero attached hydrogens (tertiary/aromatic N) is 3. The zero-order chi connectivity index (χ0) is 30.3. The number of hydrogen-bond acceptors (Lipinski definition) is 8. The molecule has 1 fully saturated rings. The van der Waals surface area contributed by atoms with Crippen LogP contribution in [0.15, 0.2) is 59.6 Å². The highest BCUT2D eigenvalue weighted by Crippen LogP contribution is 2.42. The number of rotatable bonds is 4. The van der Waals surface area contributed by atoms with Gasteiger partial charge in [0, 0.05) is 42.5 Å². The predicted molar refractivity (Wildman–Crippen MR) is 134 cm³/mol. The Bertz CT molecular complexity index is 1590. The predicted octanol–water partition coefficient (Wildman–Crippen LogP) is 3.01. The summed E-state index contributed by atoms with van der Waals surface area (Å²) in [5.74, 6) is -1.72. The fourth-order valence-electron chi connectivity index (χ4n) is 4.70. The van der Waals surface area contributed by atoms with Crippen LogP contribution >= 0.6 is 0 Å². The van der Waals surface area contributed by atoms with Gasteiger partial charge < -0.3 is 10.5 Å². The highest BCUT2D eigenvalue weighted by atomic mass is 32.2. The Morgan fingerprint density at radius 3 is 2.24 bits per heavy atom. The van der Waals surface area contributed by atoms with E-state index in [9.17, 15) is 38.8 Å². The first-order chi connectivity index (χ1) is 18.9. The van der Waals surface area contributed by atoms with Crippen LogP contribution < -0.4 is 5.73 Å². The summed E-state index contributed by atoms with van der Waals surface area (Å²) in [5, 5.41) is 3.94. The van der Waals surface area contributed by atoms with Gasteiger partial charge in [0.2, 0.25) is 0 Å². The van der Waals surface area contributed by atoms with Crippen LogP contribution in [0.5, 0.6) is 0 Å². The quantitative estimate of drug-likeness (QED) is 0.331. The van der Waals surface area contributed by atoms with Crippen molar-refractivity contribution in [2.24, 2.45) is 5.73 Å². The third-order valence-electron chi connectivity index (χ3n) is 6.56. The minimum Gasteiger partial charge on any atom is -0.357 e. The molecule has 2 aliphatic heterocycles. The maximum absolute atomic E-state index is 14.2. The van der Waals surface area contributed by atoms with Crippen LogP contribution in [0.3, 0.4) is 0 Å². The summed E-state index contributed by atoms with van der Waals surface area (Å²) >= 11 is 0. The smallest absolute Gasteiger partial charge is 0.357 e. The normalized spacial score (nSPS) is 23.5. The van der Waals surface area contributed by atoms with Crippen LogP contribution in [0, 0.1) is 11.6 Å². The maximum atomic E-state index is 14.2. The Morgan fingerprint density at radius 2 is 1.71 bits per heavy atom. The molecule has 5 rings (SSSR count). The standard InChI is InChI=1S/C18H19F5N4O3S.C6H6O3S/c1-31(28,29)27-7-9-6-26(8-14(9)25-27)15-5-13(24)16(30-17(15)18(21,22)23)11-4-10(19)2-3-12(11)20;7-10(8,9)6-4-2-1-3-5-6/h2-4,7,13,15-17H,5-6,8,24H2,1H3;1-5H,(H,7,8,9)/t13-,15+,16+,17-;/m0./s1. The van der Waals surface area contributed by atoms with Crippen molar-refractivity contribution in [3.8, 4) is 0 Å². The largest absolute Gasteiger partial charge is 0.416 e. The average Bonchev–Trinajstić information content (AvgIpc) is 3.45. The van der Waals surface area contributed by atoms with Crippen molar-refractivity contribution >= 4 is 20.1 Å². The molecule has 0 amide bonds. The number of benzene rings is 2. The van der Waals surface area contributed by atoms with E-state index in [0.29, 0.717) is 11.3 Å². The molecular weight excluding hydrogens is 599 g/mol. The number of aromatic nitrogens is 2. The Kier molecular flexibility index (Phi) is 8.60. The molecule has 41 heavy (non-hydrogen) atoms. The monoisotopic (exact) mass is 624 g/mol. The van der Waals surface area contributed by atoms with E-state index in [0.717, 1.165) is 28.5 Å². The third-order valence-corrected chi connectivity index (χ3v) is 8.30. The van der Waals surface area contributed by atoms with Gasteiger partial charge in [0.05, 0.1) is 16.8 Å². The van der Waals surface area contributed by atoms with E-state index in [1.165, 1.54) is 23.2 Å². The summed E-state index contributed by atoms with van der Waals surface area (Å²) in [6, 6.07) is 7.65. The molecule has 10 nitrogen and oxygen atoms in total. The van der Waals surface area contributed by atoms with Crippen molar-refractivity contribution in [3.63, 3.8) is 0 Å². The number of nitrogens with two attached hydrogens (primary N) is 1. The SMILES string of the molecule is CS(=O)(=O)n1cc2c(n1)CN([C@@H]1C[C@H](N)[C@@H](c3cc(F)ccc3F)O[C@@H]1C(F)(F)F)C2.O=S(=O)(O)c1ccccc1. The molecule has 3 N–H and O–H groups in total. The zero-order valence-corrected chi connectivity index (χ0v) is 22.9. The lowest BCUT2D eigenvalue weighted by Crippen LogP contribution is -2.58. The first kappa shape index (κ1) is 31.0. The second-order valence-corrected chi connectivity index (χ2v) is 12.8.